The Labute approximate surface area is 84.3 Å². The van der Waals surface area contributed by atoms with Crippen LogP contribution in [0.25, 0.3) is 0 Å². The fraction of sp³-hybridized carbons (Fsp3) is 0.778. The monoisotopic (exact) mass is 200 g/mol. The van der Waals surface area contributed by atoms with Crippen LogP contribution in [0.2, 0.25) is 0 Å². The van der Waals surface area contributed by atoms with Gasteiger partial charge in [-0.3, -0.25) is 4.79 Å². The van der Waals surface area contributed by atoms with E-state index in [0.29, 0.717) is 23.9 Å². The minimum atomic E-state index is 0.240. The Kier molecular flexibility index (Phi) is 3.25. The number of carbonyl (C=O) groups is 1. The van der Waals surface area contributed by atoms with Gasteiger partial charge in [-0.15, -0.1) is 0 Å². The van der Waals surface area contributed by atoms with E-state index in [1.165, 1.54) is 0 Å². The molecule has 0 aromatic carbocycles. The van der Waals surface area contributed by atoms with Crippen molar-refractivity contribution in [2.24, 2.45) is 17.6 Å². The highest BCUT2D eigenvalue weighted by Gasteiger charge is 2.40. The molecule has 0 aliphatic heterocycles. The van der Waals surface area contributed by atoms with Crippen molar-refractivity contribution in [1.29, 1.82) is 0 Å². The second-order valence-corrected chi connectivity index (χ2v) is 4.32. The average Bonchev–Trinajstić information content (AvgIpc) is 2.77. The van der Waals surface area contributed by atoms with E-state index >= 15 is 0 Å². The molecular weight excluding hydrogens is 184 g/mol. The lowest BCUT2D eigenvalue weighted by atomic mass is 10.3. The molecule has 13 heavy (non-hydrogen) atoms. The summed E-state index contributed by atoms with van der Waals surface area (Å²) in [5.41, 5.74) is 5.35. The van der Waals surface area contributed by atoms with Crippen molar-refractivity contribution in [3.8, 4) is 0 Å². The third-order valence-corrected chi connectivity index (χ3v) is 2.70. The average molecular weight is 200 g/mol. The summed E-state index contributed by atoms with van der Waals surface area (Å²) in [7, 11) is 1.81. The minimum Gasteiger partial charge on any atom is -0.393 e. The van der Waals surface area contributed by atoms with Crippen LogP contribution in [0.3, 0.4) is 0 Å². The highest BCUT2D eigenvalue weighted by Crippen LogP contribution is 2.38. The van der Waals surface area contributed by atoms with E-state index in [9.17, 15) is 4.79 Å². The van der Waals surface area contributed by atoms with Gasteiger partial charge in [0.05, 0.1) is 4.99 Å². The second-order valence-electron chi connectivity index (χ2n) is 3.80. The molecule has 2 unspecified atom stereocenters. The molecule has 0 bridgehead atoms. The Morgan fingerprint density at radius 2 is 2.23 bits per heavy atom. The van der Waals surface area contributed by atoms with E-state index in [4.69, 9.17) is 18.0 Å². The van der Waals surface area contributed by atoms with Crippen LogP contribution < -0.4 is 5.73 Å². The van der Waals surface area contributed by atoms with Crippen LogP contribution in [0, 0.1) is 11.8 Å². The first-order valence-corrected chi connectivity index (χ1v) is 4.96. The van der Waals surface area contributed by atoms with Gasteiger partial charge in [-0.1, -0.05) is 19.1 Å². The van der Waals surface area contributed by atoms with Gasteiger partial charge in [-0.2, -0.15) is 0 Å². The fourth-order valence-corrected chi connectivity index (χ4v) is 1.43. The summed E-state index contributed by atoms with van der Waals surface area (Å²) >= 11 is 4.74. The number of nitrogens with zero attached hydrogens (tertiary/aromatic N) is 1. The largest absolute Gasteiger partial charge is 0.393 e. The molecule has 0 heterocycles. The Morgan fingerprint density at radius 1 is 1.69 bits per heavy atom. The van der Waals surface area contributed by atoms with Gasteiger partial charge in [0.15, 0.2) is 0 Å². The van der Waals surface area contributed by atoms with Crippen LogP contribution in [0.5, 0.6) is 0 Å². The number of hydrogen-bond acceptors (Lipinski definition) is 2. The van der Waals surface area contributed by atoms with Gasteiger partial charge in [0.1, 0.15) is 0 Å². The summed E-state index contributed by atoms with van der Waals surface area (Å²) in [6.45, 7) is 2.75. The van der Waals surface area contributed by atoms with E-state index < -0.39 is 0 Å². The second kappa shape index (κ2) is 4.05. The summed E-state index contributed by atoms with van der Waals surface area (Å²) in [4.78, 5) is 13.8. The first kappa shape index (κ1) is 10.4. The molecule has 0 aromatic heterocycles. The topological polar surface area (TPSA) is 46.3 Å². The van der Waals surface area contributed by atoms with Gasteiger partial charge in [-0.05, 0) is 12.3 Å². The predicted molar refractivity (Wildman–Crippen MR) is 56.3 cm³/mol. The van der Waals surface area contributed by atoms with Crippen LogP contribution in [-0.2, 0) is 4.79 Å². The van der Waals surface area contributed by atoms with Crippen LogP contribution in [-0.4, -0.2) is 29.4 Å². The Morgan fingerprint density at radius 3 is 2.62 bits per heavy atom. The van der Waals surface area contributed by atoms with Crippen LogP contribution >= 0.6 is 12.2 Å². The molecule has 0 saturated heterocycles. The van der Waals surface area contributed by atoms with Crippen molar-refractivity contribution in [3.63, 3.8) is 0 Å². The van der Waals surface area contributed by atoms with Crippen molar-refractivity contribution < 1.29 is 4.79 Å². The first-order chi connectivity index (χ1) is 6.02. The fourth-order valence-electron chi connectivity index (χ4n) is 1.34. The maximum atomic E-state index is 11.6. The molecule has 1 amide bonds. The van der Waals surface area contributed by atoms with E-state index in [1.807, 2.05) is 7.05 Å². The summed E-state index contributed by atoms with van der Waals surface area (Å²) in [5, 5.41) is 0. The lowest BCUT2D eigenvalue weighted by Crippen LogP contribution is -2.31. The number of carbonyl (C=O) groups excluding carboxylic acids is 1. The quantitative estimate of drug-likeness (QED) is 0.682. The zero-order chi connectivity index (χ0) is 10.0. The Hall–Kier alpha value is -0.640. The molecule has 0 radical (unpaired) electrons. The molecule has 1 fully saturated rings. The third-order valence-electron chi connectivity index (χ3n) is 2.50. The molecule has 4 heteroatoms. The Bertz CT molecular complexity index is 230. The number of hydrogen-bond donors (Lipinski definition) is 1. The zero-order valence-electron chi connectivity index (χ0n) is 8.12. The number of rotatable bonds is 4. The van der Waals surface area contributed by atoms with Gasteiger partial charge in [0, 0.05) is 25.9 Å². The third kappa shape index (κ3) is 2.95. The van der Waals surface area contributed by atoms with Gasteiger partial charge in [0.2, 0.25) is 5.91 Å². The van der Waals surface area contributed by atoms with E-state index in [0.717, 1.165) is 6.42 Å². The lowest BCUT2D eigenvalue weighted by Gasteiger charge is -2.16. The highest BCUT2D eigenvalue weighted by molar-refractivity contribution is 7.80. The SMILES string of the molecule is CC1CC1C(=O)N(C)CCC(N)=S. The van der Waals surface area contributed by atoms with E-state index in [1.54, 1.807) is 4.90 Å². The zero-order valence-corrected chi connectivity index (χ0v) is 8.93. The van der Waals surface area contributed by atoms with Crippen molar-refractivity contribution in [2.45, 2.75) is 19.8 Å². The molecule has 74 valence electrons. The molecule has 3 nitrogen and oxygen atoms in total. The summed E-state index contributed by atoms with van der Waals surface area (Å²) < 4.78 is 0. The maximum Gasteiger partial charge on any atom is 0.225 e. The van der Waals surface area contributed by atoms with E-state index in [-0.39, 0.29) is 11.8 Å². The molecule has 2 N–H and O–H groups in total. The summed E-state index contributed by atoms with van der Waals surface area (Å²) in [6.07, 6.45) is 1.66. The standard InChI is InChI=1S/C9H16N2OS/c1-6-5-7(6)9(12)11(2)4-3-8(10)13/h6-7H,3-5H2,1-2H3,(H2,10,13). The van der Waals surface area contributed by atoms with Crippen molar-refractivity contribution in [3.05, 3.63) is 0 Å². The maximum absolute atomic E-state index is 11.6. The molecule has 1 saturated carbocycles. The lowest BCUT2D eigenvalue weighted by molar-refractivity contribution is -0.131. The Balaban J connectivity index is 2.26. The summed E-state index contributed by atoms with van der Waals surface area (Å²) in [6, 6.07) is 0. The minimum absolute atomic E-state index is 0.240. The molecule has 1 rings (SSSR count). The van der Waals surface area contributed by atoms with Crippen LogP contribution in [0.4, 0.5) is 0 Å². The van der Waals surface area contributed by atoms with Gasteiger partial charge >= 0.3 is 0 Å². The summed E-state index contributed by atoms with van der Waals surface area (Å²) in [5.74, 6) is 1.07. The smallest absolute Gasteiger partial charge is 0.225 e. The molecule has 0 spiro atoms. The van der Waals surface area contributed by atoms with Crippen LogP contribution in [0.1, 0.15) is 19.8 Å². The van der Waals surface area contributed by atoms with Gasteiger partial charge < -0.3 is 10.6 Å². The van der Waals surface area contributed by atoms with Crippen molar-refractivity contribution in [2.75, 3.05) is 13.6 Å². The van der Waals surface area contributed by atoms with Gasteiger partial charge in [0.25, 0.3) is 0 Å². The first-order valence-electron chi connectivity index (χ1n) is 4.55. The molecule has 1 aliphatic rings. The van der Waals surface area contributed by atoms with Crippen LogP contribution in [0.15, 0.2) is 0 Å². The predicted octanol–water partition coefficient (Wildman–Crippen LogP) is 0.777. The number of nitrogens with two attached hydrogens (primary N) is 1. The van der Waals surface area contributed by atoms with Crippen molar-refractivity contribution in [1.82, 2.24) is 4.90 Å². The van der Waals surface area contributed by atoms with Crippen molar-refractivity contribution >= 4 is 23.1 Å². The molecule has 1 aliphatic carbocycles. The normalized spacial score (nSPS) is 25.4. The van der Waals surface area contributed by atoms with E-state index in [2.05, 4.69) is 6.92 Å². The van der Waals surface area contributed by atoms with Gasteiger partial charge in [-0.25, -0.2) is 0 Å². The molecular formula is C9H16N2OS. The molecule has 2 atom stereocenters. The highest BCUT2D eigenvalue weighted by atomic mass is 32.1. The molecule has 0 aromatic rings. The number of amides is 1. The number of thiocarbonyl (C=S) groups is 1.